The first-order chi connectivity index (χ1) is 14.0. The molecule has 150 valence electrons. The molecule has 2 aromatic heterocycles. The number of aryl methyl sites for hydroxylation is 2. The van der Waals surface area contributed by atoms with Crippen LogP contribution in [-0.2, 0) is 16.1 Å². The second-order valence-corrected chi connectivity index (χ2v) is 9.19. The summed E-state index contributed by atoms with van der Waals surface area (Å²) in [4.78, 5) is 36.9. The molecule has 1 aliphatic rings. The second-order valence-electron chi connectivity index (χ2n) is 7.02. The van der Waals surface area contributed by atoms with Gasteiger partial charge in [0, 0.05) is 35.5 Å². The van der Waals surface area contributed by atoms with E-state index in [1.165, 1.54) is 22.2 Å². The molecule has 1 aliphatic heterocycles. The van der Waals surface area contributed by atoms with Gasteiger partial charge in [0.15, 0.2) is 0 Å². The van der Waals surface area contributed by atoms with Gasteiger partial charge in [-0.3, -0.25) is 9.59 Å². The quantitative estimate of drug-likeness (QED) is 0.479. The Labute approximate surface area is 177 Å². The maximum atomic E-state index is 12.3. The number of anilines is 1. The van der Waals surface area contributed by atoms with Gasteiger partial charge in [-0.05, 0) is 43.5 Å². The van der Waals surface area contributed by atoms with E-state index in [1.54, 1.807) is 17.7 Å². The average Bonchev–Trinajstić information content (AvgIpc) is 3.28. The van der Waals surface area contributed by atoms with Crippen LogP contribution in [0.25, 0.3) is 10.2 Å². The molecule has 0 atom stereocenters. The summed E-state index contributed by atoms with van der Waals surface area (Å²) in [6.07, 6.45) is 3.10. The summed E-state index contributed by atoms with van der Waals surface area (Å²) in [5.74, 6) is 0.448. The largest absolute Gasteiger partial charge is 0.351 e. The Morgan fingerprint density at radius 2 is 2.03 bits per heavy atom. The Morgan fingerprint density at radius 3 is 2.76 bits per heavy atom. The normalized spacial score (nSPS) is 14.0. The molecule has 29 heavy (non-hydrogen) atoms. The lowest BCUT2D eigenvalue weighted by atomic mass is 10.2. The highest BCUT2D eigenvalue weighted by atomic mass is 32.2. The maximum absolute atomic E-state index is 12.3. The van der Waals surface area contributed by atoms with Gasteiger partial charge in [-0.2, -0.15) is 0 Å². The molecule has 1 saturated heterocycles. The molecule has 1 fully saturated rings. The van der Waals surface area contributed by atoms with Crippen molar-refractivity contribution in [3.63, 3.8) is 0 Å². The smallest absolute Gasteiger partial charge is 0.230 e. The average molecular weight is 427 g/mol. The predicted molar refractivity (Wildman–Crippen MR) is 117 cm³/mol. The van der Waals surface area contributed by atoms with E-state index in [0.29, 0.717) is 18.7 Å². The highest BCUT2D eigenvalue weighted by Crippen LogP contribution is 2.34. The number of amides is 2. The SMILES string of the molecule is Cc1sc2ncnc(SCC(=O)NCc3ccc(N4CCCC4=O)cc3)c2c1C. The summed E-state index contributed by atoms with van der Waals surface area (Å²) in [5.41, 5.74) is 3.12. The van der Waals surface area contributed by atoms with E-state index in [4.69, 9.17) is 0 Å². The van der Waals surface area contributed by atoms with Crippen LogP contribution in [0.5, 0.6) is 0 Å². The van der Waals surface area contributed by atoms with E-state index >= 15 is 0 Å². The van der Waals surface area contributed by atoms with Crippen LogP contribution >= 0.6 is 23.1 Å². The van der Waals surface area contributed by atoms with Gasteiger partial charge in [0.2, 0.25) is 11.8 Å². The van der Waals surface area contributed by atoms with Crippen molar-refractivity contribution in [3.8, 4) is 0 Å². The van der Waals surface area contributed by atoms with E-state index < -0.39 is 0 Å². The van der Waals surface area contributed by atoms with E-state index in [-0.39, 0.29) is 11.8 Å². The van der Waals surface area contributed by atoms with Gasteiger partial charge < -0.3 is 10.2 Å². The lowest BCUT2D eigenvalue weighted by Crippen LogP contribution is -2.25. The third kappa shape index (κ3) is 4.28. The fraction of sp³-hybridized carbons (Fsp3) is 0.333. The third-order valence-electron chi connectivity index (χ3n) is 5.08. The molecule has 0 unspecified atom stereocenters. The van der Waals surface area contributed by atoms with E-state index in [1.807, 2.05) is 29.2 Å². The van der Waals surface area contributed by atoms with Crippen molar-refractivity contribution in [2.45, 2.75) is 38.3 Å². The number of fused-ring (bicyclic) bond motifs is 1. The van der Waals surface area contributed by atoms with Crippen LogP contribution in [0, 0.1) is 13.8 Å². The van der Waals surface area contributed by atoms with Crippen molar-refractivity contribution < 1.29 is 9.59 Å². The monoisotopic (exact) mass is 426 g/mol. The van der Waals surface area contributed by atoms with Gasteiger partial charge in [0.25, 0.3) is 0 Å². The van der Waals surface area contributed by atoms with Gasteiger partial charge in [-0.1, -0.05) is 23.9 Å². The number of rotatable bonds is 6. The number of hydrogen-bond acceptors (Lipinski definition) is 6. The highest BCUT2D eigenvalue weighted by Gasteiger charge is 2.21. The Kier molecular flexibility index (Phi) is 5.82. The van der Waals surface area contributed by atoms with Gasteiger partial charge in [-0.25, -0.2) is 9.97 Å². The number of thioether (sulfide) groups is 1. The molecule has 1 N–H and O–H groups in total. The zero-order valence-electron chi connectivity index (χ0n) is 16.4. The minimum absolute atomic E-state index is 0.0369. The molecule has 8 heteroatoms. The number of benzene rings is 1. The zero-order valence-corrected chi connectivity index (χ0v) is 18.0. The van der Waals surface area contributed by atoms with E-state index in [0.717, 1.165) is 39.5 Å². The Bertz CT molecular complexity index is 1060. The lowest BCUT2D eigenvalue weighted by molar-refractivity contribution is -0.119. The molecule has 6 nitrogen and oxygen atoms in total. The van der Waals surface area contributed by atoms with Crippen molar-refractivity contribution in [2.24, 2.45) is 0 Å². The number of hydrogen-bond donors (Lipinski definition) is 1. The van der Waals surface area contributed by atoms with Gasteiger partial charge in [0.05, 0.1) is 5.75 Å². The number of nitrogens with one attached hydrogen (secondary N) is 1. The standard InChI is InChI=1S/C21H22N4O2S2/c1-13-14(2)29-21-19(13)20(23-12-24-21)28-11-17(26)22-10-15-5-7-16(8-6-15)25-9-3-4-18(25)27/h5-8,12H,3-4,9-11H2,1-2H3,(H,22,26). The lowest BCUT2D eigenvalue weighted by Gasteiger charge is -2.16. The zero-order chi connectivity index (χ0) is 20.4. The first-order valence-electron chi connectivity index (χ1n) is 9.52. The fourth-order valence-corrected chi connectivity index (χ4v) is 5.31. The summed E-state index contributed by atoms with van der Waals surface area (Å²) in [7, 11) is 0. The van der Waals surface area contributed by atoms with Gasteiger partial charge in [-0.15, -0.1) is 11.3 Å². The Balaban J connectivity index is 1.32. The molecule has 0 spiro atoms. The van der Waals surface area contributed by atoms with Crippen molar-refractivity contribution in [1.82, 2.24) is 15.3 Å². The van der Waals surface area contributed by atoms with Crippen LogP contribution in [0.2, 0.25) is 0 Å². The molecule has 1 aromatic carbocycles. The second kappa shape index (κ2) is 8.51. The molecule has 2 amide bonds. The molecule has 0 radical (unpaired) electrons. The van der Waals surface area contributed by atoms with E-state index in [9.17, 15) is 9.59 Å². The molecule has 3 heterocycles. The predicted octanol–water partition coefficient (Wildman–Crippen LogP) is 3.84. The molecule has 3 aromatic rings. The Hall–Kier alpha value is -2.45. The minimum Gasteiger partial charge on any atom is -0.351 e. The van der Waals surface area contributed by atoms with Crippen LogP contribution in [-0.4, -0.2) is 34.1 Å². The van der Waals surface area contributed by atoms with Crippen molar-refractivity contribution in [2.75, 3.05) is 17.2 Å². The number of carbonyl (C=O) groups is 2. The molecule has 4 rings (SSSR count). The summed E-state index contributed by atoms with van der Waals surface area (Å²) < 4.78 is 0. The van der Waals surface area contributed by atoms with Crippen LogP contribution in [0.4, 0.5) is 5.69 Å². The molecule has 0 aliphatic carbocycles. The van der Waals surface area contributed by atoms with Gasteiger partial charge >= 0.3 is 0 Å². The van der Waals surface area contributed by atoms with Gasteiger partial charge in [0.1, 0.15) is 16.2 Å². The minimum atomic E-state index is -0.0369. The number of thiophene rings is 1. The van der Waals surface area contributed by atoms with Crippen LogP contribution in [0.15, 0.2) is 35.6 Å². The molecule has 0 saturated carbocycles. The molecular formula is C21H22N4O2S2. The van der Waals surface area contributed by atoms with Crippen molar-refractivity contribution >= 4 is 50.8 Å². The number of aromatic nitrogens is 2. The maximum Gasteiger partial charge on any atom is 0.230 e. The van der Waals surface area contributed by atoms with Crippen molar-refractivity contribution in [1.29, 1.82) is 0 Å². The summed E-state index contributed by atoms with van der Waals surface area (Å²) in [6.45, 7) is 5.39. The summed E-state index contributed by atoms with van der Waals surface area (Å²) >= 11 is 3.09. The topological polar surface area (TPSA) is 75.2 Å². The van der Waals surface area contributed by atoms with Crippen molar-refractivity contribution in [3.05, 3.63) is 46.6 Å². The fourth-order valence-electron chi connectivity index (χ4n) is 3.36. The van der Waals surface area contributed by atoms with Crippen LogP contribution in [0.1, 0.15) is 28.8 Å². The Morgan fingerprint density at radius 1 is 1.24 bits per heavy atom. The number of carbonyl (C=O) groups excluding carboxylic acids is 2. The first-order valence-corrected chi connectivity index (χ1v) is 11.3. The summed E-state index contributed by atoms with van der Waals surface area (Å²) in [5, 5.41) is 4.86. The first kappa shape index (κ1) is 19.8. The van der Waals surface area contributed by atoms with E-state index in [2.05, 4.69) is 29.1 Å². The number of nitrogens with zero attached hydrogens (tertiary/aromatic N) is 3. The highest BCUT2D eigenvalue weighted by molar-refractivity contribution is 8.00. The molecule has 0 bridgehead atoms. The third-order valence-corrected chi connectivity index (χ3v) is 7.19. The molecular weight excluding hydrogens is 404 g/mol. The van der Waals surface area contributed by atoms with Crippen LogP contribution in [0.3, 0.4) is 0 Å². The van der Waals surface area contributed by atoms with Crippen LogP contribution < -0.4 is 10.2 Å². The summed E-state index contributed by atoms with van der Waals surface area (Å²) in [6, 6.07) is 7.80.